The molecule has 1 amide bonds. The van der Waals surface area contributed by atoms with E-state index in [1.165, 1.54) is 0 Å². The maximum absolute atomic E-state index is 11.8. The zero-order chi connectivity index (χ0) is 22.3. The molecule has 30 heavy (non-hydrogen) atoms. The summed E-state index contributed by atoms with van der Waals surface area (Å²) in [6.07, 6.45) is 5.65. The summed E-state index contributed by atoms with van der Waals surface area (Å²) < 4.78 is 17.7. The molecule has 0 atom stereocenters. The summed E-state index contributed by atoms with van der Waals surface area (Å²) in [5, 5.41) is 14.9. The zero-order valence-electron chi connectivity index (χ0n) is 19.6. The van der Waals surface area contributed by atoms with E-state index in [2.05, 4.69) is 10.6 Å². The SMILES string of the molecule is CC(C)(C)OC(=O)NC[C@H]1C[C@H](N/C=C(/B2OC(C)(C)C(C)(C)O2)C(=N)C2CC2)C1. The van der Waals surface area contributed by atoms with Gasteiger partial charge in [-0.1, -0.05) is 0 Å². The average Bonchev–Trinajstić information content (AvgIpc) is 3.34. The molecule has 3 fully saturated rings. The van der Waals surface area contributed by atoms with Crippen LogP contribution in [-0.2, 0) is 14.0 Å². The Bertz CT molecular complexity index is 688. The summed E-state index contributed by atoms with van der Waals surface area (Å²) in [5.74, 6) is 0.760. The van der Waals surface area contributed by atoms with Crippen molar-refractivity contribution in [2.45, 2.75) is 97.0 Å². The number of allylic oxidation sites excluding steroid dienone is 1. The Balaban J connectivity index is 1.51. The zero-order valence-corrected chi connectivity index (χ0v) is 19.6. The van der Waals surface area contributed by atoms with Crippen LogP contribution in [0.2, 0.25) is 0 Å². The molecule has 2 saturated carbocycles. The maximum atomic E-state index is 11.8. The fourth-order valence-electron chi connectivity index (χ4n) is 3.64. The summed E-state index contributed by atoms with van der Waals surface area (Å²) in [6, 6.07) is 0.333. The molecule has 0 aromatic carbocycles. The first-order chi connectivity index (χ1) is 13.8. The number of nitrogens with one attached hydrogen (secondary N) is 3. The molecule has 0 radical (unpaired) electrons. The van der Waals surface area contributed by atoms with Crippen LogP contribution in [0.5, 0.6) is 0 Å². The molecular formula is C22H38BN3O4. The van der Waals surface area contributed by atoms with Crippen LogP contribution in [0, 0.1) is 17.2 Å². The first kappa shape index (κ1) is 23.1. The fraction of sp³-hybridized carbons (Fsp3) is 0.818. The van der Waals surface area contributed by atoms with Gasteiger partial charge in [0.05, 0.1) is 11.2 Å². The van der Waals surface area contributed by atoms with E-state index in [1.807, 2.05) is 54.7 Å². The summed E-state index contributed by atoms with van der Waals surface area (Å²) in [4.78, 5) is 11.8. The Morgan fingerprint density at radius 2 is 1.73 bits per heavy atom. The van der Waals surface area contributed by atoms with E-state index in [9.17, 15) is 4.79 Å². The summed E-state index contributed by atoms with van der Waals surface area (Å²) in [6.45, 7) is 14.3. The number of carbonyl (C=O) groups is 1. The molecule has 0 unspecified atom stereocenters. The second-order valence-corrected chi connectivity index (χ2v) is 11.0. The summed E-state index contributed by atoms with van der Waals surface area (Å²) >= 11 is 0. The van der Waals surface area contributed by atoms with Crippen LogP contribution in [0.4, 0.5) is 4.79 Å². The average molecular weight is 419 g/mol. The van der Waals surface area contributed by atoms with Gasteiger partial charge in [0.2, 0.25) is 0 Å². The molecule has 8 heteroatoms. The van der Waals surface area contributed by atoms with Crippen LogP contribution < -0.4 is 10.6 Å². The van der Waals surface area contributed by atoms with Crippen molar-refractivity contribution in [3.63, 3.8) is 0 Å². The smallest absolute Gasteiger partial charge is 0.444 e. The number of ether oxygens (including phenoxy) is 1. The van der Waals surface area contributed by atoms with Gasteiger partial charge in [-0.05, 0) is 86.3 Å². The van der Waals surface area contributed by atoms with Gasteiger partial charge in [0.1, 0.15) is 5.60 Å². The van der Waals surface area contributed by atoms with Crippen molar-refractivity contribution < 1.29 is 18.8 Å². The van der Waals surface area contributed by atoms with Gasteiger partial charge in [-0.15, -0.1) is 0 Å². The number of rotatable bonds is 7. The Hall–Kier alpha value is -1.54. The fourth-order valence-corrected chi connectivity index (χ4v) is 3.64. The molecular weight excluding hydrogens is 381 g/mol. The Morgan fingerprint density at radius 3 is 2.23 bits per heavy atom. The highest BCUT2D eigenvalue weighted by molar-refractivity contribution is 6.62. The van der Waals surface area contributed by atoms with Gasteiger partial charge in [-0.25, -0.2) is 4.79 Å². The van der Waals surface area contributed by atoms with E-state index in [-0.39, 0.29) is 6.09 Å². The molecule has 168 valence electrons. The molecule has 1 heterocycles. The Kier molecular flexibility index (Phi) is 6.32. The van der Waals surface area contributed by atoms with Crippen molar-refractivity contribution in [3.8, 4) is 0 Å². The van der Waals surface area contributed by atoms with Gasteiger partial charge in [-0.2, -0.15) is 0 Å². The molecule has 0 aromatic rings. The van der Waals surface area contributed by atoms with E-state index in [0.717, 1.165) is 31.2 Å². The van der Waals surface area contributed by atoms with Gasteiger partial charge >= 0.3 is 13.2 Å². The van der Waals surface area contributed by atoms with E-state index >= 15 is 0 Å². The molecule has 2 aliphatic carbocycles. The number of alkyl carbamates (subject to hydrolysis) is 1. The first-order valence-corrected chi connectivity index (χ1v) is 11.1. The molecule has 3 rings (SSSR count). The monoisotopic (exact) mass is 419 g/mol. The van der Waals surface area contributed by atoms with E-state index in [1.54, 1.807) is 0 Å². The van der Waals surface area contributed by atoms with E-state index < -0.39 is 23.9 Å². The lowest BCUT2D eigenvalue weighted by molar-refractivity contribution is 0.00578. The third-order valence-electron chi connectivity index (χ3n) is 6.45. The van der Waals surface area contributed by atoms with Crippen molar-refractivity contribution in [3.05, 3.63) is 11.7 Å². The summed E-state index contributed by atoms with van der Waals surface area (Å²) in [5.41, 5.74) is 0.120. The third-order valence-corrected chi connectivity index (χ3v) is 6.45. The lowest BCUT2D eigenvalue weighted by Gasteiger charge is -2.36. The molecule has 0 spiro atoms. The molecule has 0 aromatic heterocycles. The predicted molar refractivity (Wildman–Crippen MR) is 119 cm³/mol. The van der Waals surface area contributed by atoms with Crippen molar-refractivity contribution in [1.82, 2.24) is 10.6 Å². The maximum Gasteiger partial charge on any atom is 0.498 e. The lowest BCUT2D eigenvalue weighted by Crippen LogP contribution is -2.45. The summed E-state index contributed by atoms with van der Waals surface area (Å²) in [7, 11) is -0.514. The van der Waals surface area contributed by atoms with Gasteiger partial charge < -0.3 is 30.1 Å². The second kappa shape index (κ2) is 8.19. The topological polar surface area (TPSA) is 92.7 Å². The minimum absolute atomic E-state index is 0.323. The number of hydrogen-bond acceptors (Lipinski definition) is 6. The minimum Gasteiger partial charge on any atom is -0.444 e. The standard InChI is InChI=1S/C22H38BN3O4/c1-20(2,3)28-19(27)26-12-14-10-16(11-14)25-13-17(18(24)15-8-9-15)23-29-21(4,5)22(6,7)30-23/h13-16,24-25H,8-12H2,1-7H3,(H,26,27)/b17-13+,24-18?/t14-,16-. The number of amides is 1. The molecule has 3 N–H and O–H groups in total. The number of carbonyl (C=O) groups excluding carboxylic acids is 1. The second-order valence-electron chi connectivity index (χ2n) is 11.0. The van der Waals surface area contributed by atoms with Crippen LogP contribution in [-0.4, -0.2) is 48.3 Å². The third kappa shape index (κ3) is 5.58. The first-order valence-electron chi connectivity index (χ1n) is 11.1. The molecule has 3 aliphatic rings. The van der Waals surface area contributed by atoms with Gasteiger partial charge in [0.15, 0.2) is 0 Å². The minimum atomic E-state index is -0.514. The lowest BCUT2D eigenvalue weighted by atomic mass is 9.74. The Morgan fingerprint density at radius 1 is 1.17 bits per heavy atom. The number of hydrogen-bond donors (Lipinski definition) is 3. The van der Waals surface area contributed by atoms with Gasteiger partial charge in [-0.3, -0.25) is 0 Å². The molecule has 0 bridgehead atoms. The molecule has 7 nitrogen and oxygen atoms in total. The van der Waals surface area contributed by atoms with Crippen molar-refractivity contribution in [1.29, 1.82) is 5.41 Å². The van der Waals surface area contributed by atoms with Crippen LogP contribution in [0.3, 0.4) is 0 Å². The quantitative estimate of drug-likeness (QED) is 0.431. The van der Waals surface area contributed by atoms with Crippen LogP contribution >= 0.6 is 0 Å². The van der Waals surface area contributed by atoms with Crippen molar-refractivity contribution >= 4 is 18.9 Å². The highest BCUT2D eigenvalue weighted by atomic mass is 16.7. The Labute approximate surface area is 181 Å². The molecule has 1 saturated heterocycles. The highest BCUT2D eigenvalue weighted by Crippen LogP contribution is 2.41. The van der Waals surface area contributed by atoms with Crippen LogP contribution in [0.15, 0.2) is 11.7 Å². The van der Waals surface area contributed by atoms with Crippen molar-refractivity contribution in [2.75, 3.05) is 6.54 Å². The van der Waals surface area contributed by atoms with Crippen LogP contribution in [0.1, 0.15) is 74.1 Å². The highest BCUT2D eigenvalue weighted by Gasteiger charge is 2.53. The van der Waals surface area contributed by atoms with Crippen molar-refractivity contribution in [2.24, 2.45) is 11.8 Å². The van der Waals surface area contributed by atoms with E-state index in [4.69, 9.17) is 19.5 Å². The van der Waals surface area contributed by atoms with Crippen LogP contribution in [0.25, 0.3) is 0 Å². The largest absolute Gasteiger partial charge is 0.498 e. The van der Waals surface area contributed by atoms with Gasteiger partial charge in [0, 0.05) is 29.7 Å². The van der Waals surface area contributed by atoms with E-state index in [0.29, 0.717) is 30.1 Å². The normalized spacial score (nSPS) is 28.0. The predicted octanol–water partition coefficient (Wildman–Crippen LogP) is 3.82. The molecule has 1 aliphatic heterocycles. The van der Waals surface area contributed by atoms with Gasteiger partial charge in [0.25, 0.3) is 0 Å².